The SMILES string of the molecule is CSc1ccc(-c2csc(-c3c(C)c(C)nn(C)c3=O)n2)cc1. The second-order valence-corrected chi connectivity index (χ2v) is 7.02. The van der Waals surface area contributed by atoms with E-state index in [1.54, 1.807) is 18.8 Å². The number of benzene rings is 1. The van der Waals surface area contributed by atoms with E-state index < -0.39 is 0 Å². The molecule has 0 amide bonds. The lowest BCUT2D eigenvalue weighted by atomic mass is 10.1. The van der Waals surface area contributed by atoms with E-state index in [2.05, 4.69) is 40.6 Å². The summed E-state index contributed by atoms with van der Waals surface area (Å²) in [5.41, 5.74) is 4.25. The van der Waals surface area contributed by atoms with Crippen molar-refractivity contribution < 1.29 is 0 Å². The van der Waals surface area contributed by atoms with E-state index in [-0.39, 0.29) is 5.56 Å². The highest BCUT2D eigenvalue weighted by Crippen LogP contribution is 2.30. The molecule has 0 fully saturated rings. The second-order valence-electron chi connectivity index (χ2n) is 5.28. The fourth-order valence-electron chi connectivity index (χ4n) is 2.38. The minimum atomic E-state index is -0.105. The molecule has 1 aromatic carbocycles. The molecule has 3 aromatic rings. The van der Waals surface area contributed by atoms with Crippen LogP contribution in [0.5, 0.6) is 0 Å². The maximum absolute atomic E-state index is 12.4. The Morgan fingerprint density at radius 2 is 1.87 bits per heavy atom. The third-order valence-corrected chi connectivity index (χ3v) is 5.43. The first-order valence-corrected chi connectivity index (χ1v) is 9.26. The molecular formula is C17H17N3OS2. The van der Waals surface area contributed by atoms with Crippen LogP contribution in [0.2, 0.25) is 0 Å². The van der Waals surface area contributed by atoms with Crippen molar-refractivity contribution in [3.8, 4) is 21.8 Å². The lowest BCUT2D eigenvalue weighted by Crippen LogP contribution is -2.23. The molecule has 118 valence electrons. The molecule has 23 heavy (non-hydrogen) atoms. The molecule has 0 saturated heterocycles. The maximum atomic E-state index is 12.4. The lowest BCUT2D eigenvalue weighted by Gasteiger charge is -2.07. The molecule has 0 aliphatic carbocycles. The van der Waals surface area contributed by atoms with E-state index in [4.69, 9.17) is 0 Å². The summed E-state index contributed by atoms with van der Waals surface area (Å²) >= 11 is 3.21. The zero-order chi connectivity index (χ0) is 16.6. The van der Waals surface area contributed by atoms with Gasteiger partial charge in [-0.05, 0) is 37.8 Å². The minimum Gasteiger partial charge on any atom is -0.267 e. The molecule has 0 aliphatic heterocycles. The third-order valence-electron chi connectivity index (χ3n) is 3.83. The molecule has 0 aliphatic rings. The van der Waals surface area contributed by atoms with Crippen molar-refractivity contribution in [1.29, 1.82) is 0 Å². The van der Waals surface area contributed by atoms with Gasteiger partial charge in [-0.2, -0.15) is 5.10 Å². The third kappa shape index (κ3) is 2.96. The van der Waals surface area contributed by atoms with Crippen LogP contribution in [0.15, 0.2) is 39.3 Å². The van der Waals surface area contributed by atoms with E-state index in [0.717, 1.165) is 27.5 Å². The number of rotatable bonds is 3. The normalized spacial score (nSPS) is 11.0. The van der Waals surface area contributed by atoms with Crippen LogP contribution in [0, 0.1) is 13.8 Å². The molecular weight excluding hydrogens is 326 g/mol. The predicted octanol–water partition coefficient (Wildman–Crippen LogP) is 3.91. The zero-order valence-corrected chi connectivity index (χ0v) is 15.1. The Morgan fingerprint density at radius 1 is 1.17 bits per heavy atom. The number of nitrogens with zero attached hydrogens (tertiary/aromatic N) is 3. The van der Waals surface area contributed by atoms with Crippen LogP contribution in [0.1, 0.15) is 11.3 Å². The van der Waals surface area contributed by atoms with Gasteiger partial charge in [-0.15, -0.1) is 23.1 Å². The Balaban J connectivity index is 2.07. The second kappa shape index (κ2) is 6.29. The van der Waals surface area contributed by atoms with Crippen LogP contribution >= 0.6 is 23.1 Å². The smallest absolute Gasteiger partial charge is 0.267 e. The quantitative estimate of drug-likeness (QED) is 0.677. The molecule has 0 spiro atoms. The zero-order valence-electron chi connectivity index (χ0n) is 13.5. The molecule has 0 N–H and O–H groups in total. The molecule has 2 heterocycles. The van der Waals surface area contributed by atoms with Gasteiger partial charge in [-0.3, -0.25) is 4.79 Å². The lowest BCUT2D eigenvalue weighted by molar-refractivity contribution is 0.690. The van der Waals surface area contributed by atoms with Crippen molar-refractivity contribution in [3.63, 3.8) is 0 Å². The van der Waals surface area contributed by atoms with Gasteiger partial charge in [-0.25, -0.2) is 9.67 Å². The summed E-state index contributed by atoms with van der Waals surface area (Å²) in [7, 11) is 1.67. The van der Waals surface area contributed by atoms with Crippen LogP contribution in [0.3, 0.4) is 0 Å². The molecule has 6 heteroatoms. The Morgan fingerprint density at radius 3 is 2.52 bits per heavy atom. The Hall–Kier alpha value is -1.92. The average Bonchev–Trinajstić information content (AvgIpc) is 3.03. The van der Waals surface area contributed by atoms with E-state index in [1.807, 2.05) is 19.2 Å². The fourth-order valence-corrected chi connectivity index (χ4v) is 3.71. The van der Waals surface area contributed by atoms with Gasteiger partial charge in [0, 0.05) is 22.9 Å². The number of thioether (sulfide) groups is 1. The van der Waals surface area contributed by atoms with Crippen LogP contribution in [0.4, 0.5) is 0 Å². The van der Waals surface area contributed by atoms with Gasteiger partial charge in [0.2, 0.25) is 0 Å². The summed E-state index contributed by atoms with van der Waals surface area (Å²) in [6.07, 6.45) is 2.06. The van der Waals surface area contributed by atoms with E-state index in [9.17, 15) is 4.79 Å². The van der Waals surface area contributed by atoms with Crippen LogP contribution in [-0.2, 0) is 7.05 Å². The summed E-state index contributed by atoms with van der Waals surface area (Å²) in [6, 6.07) is 8.29. The van der Waals surface area contributed by atoms with Crippen molar-refractivity contribution in [2.75, 3.05) is 6.26 Å². The van der Waals surface area contributed by atoms with Crippen molar-refractivity contribution in [1.82, 2.24) is 14.8 Å². The van der Waals surface area contributed by atoms with Gasteiger partial charge in [0.05, 0.1) is 17.0 Å². The molecule has 0 atom stereocenters. The maximum Gasteiger partial charge on any atom is 0.277 e. The first-order chi connectivity index (χ1) is 11.0. The van der Waals surface area contributed by atoms with Crippen molar-refractivity contribution in [2.24, 2.45) is 7.05 Å². The van der Waals surface area contributed by atoms with Crippen LogP contribution in [-0.4, -0.2) is 21.0 Å². The van der Waals surface area contributed by atoms with Crippen molar-refractivity contribution in [3.05, 3.63) is 51.3 Å². The molecule has 4 nitrogen and oxygen atoms in total. The molecule has 0 radical (unpaired) electrons. The molecule has 2 aromatic heterocycles. The highest BCUT2D eigenvalue weighted by molar-refractivity contribution is 7.98. The number of aryl methyl sites for hydroxylation is 2. The molecule has 0 unspecified atom stereocenters. The summed E-state index contributed by atoms with van der Waals surface area (Å²) in [6.45, 7) is 3.83. The van der Waals surface area contributed by atoms with Gasteiger partial charge < -0.3 is 0 Å². The van der Waals surface area contributed by atoms with E-state index in [0.29, 0.717) is 5.56 Å². The van der Waals surface area contributed by atoms with Gasteiger partial charge in [-0.1, -0.05) is 12.1 Å². The minimum absolute atomic E-state index is 0.105. The summed E-state index contributed by atoms with van der Waals surface area (Å²) in [4.78, 5) is 18.3. The number of hydrogen-bond acceptors (Lipinski definition) is 5. The highest BCUT2D eigenvalue weighted by atomic mass is 32.2. The van der Waals surface area contributed by atoms with Crippen LogP contribution < -0.4 is 5.56 Å². The Labute approximate surface area is 143 Å². The Kier molecular flexibility index (Phi) is 4.37. The van der Waals surface area contributed by atoms with Gasteiger partial charge in [0.15, 0.2) is 0 Å². The first-order valence-electron chi connectivity index (χ1n) is 7.16. The number of aromatic nitrogens is 3. The number of thiazole rings is 1. The van der Waals surface area contributed by atoms with Gasteiger partial charge in [0.25, 0.3) is 5.56 Å². The van der Waals surface area contributed by atoms with Crippen LogP contribution in [0.25, 0.3) is 21.8 Å². The van der Waals surface area contributed by atoms with E-state index in [1.165, 1.54) is 20.9 Å². The summed E-state index contributed by atoms with van der Waals surface area (Å²) < 4.78 is 1.38. The standard InChI is InChI=1S/C17H17N3OS2/c1-10-11(2)19-20(3)17(21)15(10)16-18-14(9-23-16)12-5-7-13(22-4)8-6-12/h5-9H,1-4H3. The Bertz CT molecular complexity index is 911. The predicted molar refractivity (Wildman–Crippen MR) is 97.3 cm³/mol. The molecule has 0 bridgehead atoms. The number of hydrogen-bond donors (Lipinski definition) is 0. The van der Waals surface area contributed by atoms with Crippen molar-refractivity contribution >= 4 is 23.1 Å². The van der Waals surface area contributed by atoms with Gasteiger partial charge in [0.1, 0.15) is 5.01 Å². The fraction of sp³-hybridized carbons (Fsp3) is 0.235. The average molecular weight is 343 g/mol. The van der Waals surface area contributed by atoms with Gasteiger partial charge >= 0.3 is 0 Å². The summed E-state index contributed by atoms with van der Waals surface area (Å²) in [5, 5.41) is 6.97. The molecule has 0 saturated carbocycles. The van der Waals surface area contributed by atoms with Crippen molar-refractivity contribution in [2.45, 2.75) is 18.7 Å². The topological polar surface area (TPSA) is 47.8 Å². The molecule has 3 rings (SSSR count). The monoisotopic (exact) mass is 343 g/mol. The summed E-state index contributed by atoms with van der Waals surface area (Å²) in [5.74, 6) is 0. The largest absolute Gasteiger partial charge is 0.277 e. The van der Waals surface area contributed by atoms with E-state index >= 15 is 0 Å². The highest BCUT2D eigenvalue weighted by Gasteiger charge is 2.16. The first kappa shape index (κ1) is 16.0.